The van der Waals surface area contributed by atoms with Crippen LogP contribution in [0, 0.1) is 36.5 Å². The summed E-state index contributed by atoms with van der Waals surface area (Å²) < 4.78 is 33.7. The van der Waals surface area contributed by atoms with Crippen LogP contribution in [0.3, 0.4) is 0 Å². The number of hydrogen-bond acceptors (Lipinski definition) is 0. The first-order valence-electron chi connectivity index (χ1n) is 21.6. The van der Waals surface area contributed by atoms with Gasteiger partial charge in [0.1, 0.15) is 0 Å². The Morgan fingerprint density at radius 2 is 1.03 bits per heavy atom. The zero-order valence-corrected chi connectivity index (χ0v) is 39.8. The van der Waals surface area contributed by atoms with Crippen molar-refractivity contribution < 1.29 is 34.0 Å². The molecule has 0 amide bonds. The number of alkyl halides is 3. The Balaban J connectivity index is 0.000000144. The van der Waals surface area contributed by atoms with E-state index in [-0.39, 0.29) is 6.04 Å². The van der Waals surface area contributed by atoms with Gasteiger partial charge in [0.15, 0.2) is 0 Å². The van der Waals surface area contributed by atoms with E-state index in [4.69, 9.17) is 17.0 Å². The van der Waals surface area contributed by atoms with Crippen LogP contribution in [-0.4, -0.2) is 15.7 Å². The molecular formula is C52H57Cl2F3SiZr. The molecule has 0 aliphatic heterocycles. The number of fused-ring (bicyclic) bond motifs is 6. The van der Waals surface area contributed by atoms with Gasteiger partial charge in [-0.15, -0.1) is 69.1 Å². The molecule has 0 spiro atoms. The summed E-state index contributed by atoms with van der Waals surface area (Å²) in [6.07, 6.45) is 12.8. The van der Waals surface area contributed by atoms with Gasteiger partial charge in [-0.05, 0) is 125 Å². The molecule has 10 rings (SSSR count). The average Bonchev–Trinajstić information content (AvgIpc) is 4.09. The van der Waals surface area contributed by atoms with Gasteiger partial charge in [-0.2, -0.15) is 25.3 Å². The van der Waals surface area contributed by atoms with Crippen LogP contribution in [0.25, 0.3) is 43.8 Å². The molecule has 4 fully saturated rings. The summed E-state index contributed by atoms with van der Waals surface area (Å²) in [6.45, 7) is 6.08. The maximum absolute atomic E-state index is 11.2. The van der Waals surface area contributed by atoms with Gasteiger partial charge in [-0.1, -0.05) is 95.5 Å². The third kappa shape index (κ3) is 11.3. The average molecular weight is 929 g/mol. The van der Waals surface area contributed by atoms with E-state index in [9.17, 15) is 13.2 Å². The molecule has 4 aliphatic rings. The first kappa shape index (κ1) is 44.6. The Bertz CT molecular complexity index is 2100. The molecule has 308 valence electrons. The Hall–Kier alpha value is -2.43. The third-order valence-electron chi connectivity index (χ3n) is 13.9. The summed E-state index contributed by atoms with van der Waals surface area (Å²) in [5, 5.41) is 5.68. The zero-order chi connectivity index (χ0) is 41.6. The summed E-state index contributed by atoms with van der Waals surface area (Å²) in [5.41, 5.74) is 12.5. The van der Waals surface area contributed by atoms with E-state index in [2.05, 4.69) is 123 Å². The van der Waals surface area contributed by atoms with E-state index < -0.39 is 33.4 Å². The van der Waals surface area contributed by atoms with Crippen molar-refractivity contribution in [2.75, 3.05) is 0 Å². The summed E-state index contributed by atoms with van der Waals surface area (Å²) in [4.78, 5) is 0. The number of aryl methyl sites for hydroxylation is 2. The van der Waals surface area contributed by atoms with Crippen LogP contribution in [0.5, 0.6) is 0 Å². The van der Waals surface area contributed by atoms with Crippen molar-refractivity contribution in [3.8, 4) is 22.3 Å². The van der Waals surface area contributed by atoms with Gasteiger partial charge in [0.2, 0.25) is 0 Å². The summed E-state index contributed by atoms with van der Waals surface area (Å²) in [6, 6.07) is 41.6. The molecule has 0 nitrogen and oxygen atoms in total. The molecule has 0 saturated heterocycles. The van der Waals surface area contributed by atoms with Gasteiger partial charge >= 0.3 is 44.1 Å². The van der Waals surface area contributed by atoms with Crippen LogP contribution < -0.4 is 0 Å². The van der Waals surface area contributed by atoms with Gasteiger partial charge < -0.3 is 0 Å². The minimum atomic E-state index is -3.94. The van der Waals surface area contributed by atoms with Gasteiger partial charge in [0.05, 0.1) is 0 Å². The van der Waals surface area contributed by atoms with Crippen molar-refractivity contribution in [1.29, 1.82) is 0 Å². The van der Waals surface area contributed by atoms with Gasteiger partial charge in [-0.3, -0.25) is 0 Å². The van der Waals surface area contributed by atoms with Crippen LogP contribution in [0.2, 0.25) is 12.6 Å². The van der Waals surface area contributed by atoms with E-state index in [1.807, 2.05) is 0 Å². The number of rotatable bonds is 8. The second kappa shape index (κ2) is 19.7. The molecule has 0 N–H and O–H groups in total. The standard InChI is InChI=1S/2C24H25.C4H7F3Si.2ClH.Zr/c2*1-17-5-7-20(8-6-17)22-4-2-3-21-13-19(14-23(21)22)16-24-11-9-18(15-24)10-12-24;1-8-3-2-4(5,6)7;;;/h2*2-8,13-14,18H,9-12,15-16H2,1H3;2-3H2,1H3;2*1H;/q2*-1;;;;+4/p-2. The van der Waals surface area contributed by atoms with Crippen LogP contribution in [0.15, 0.2) is 109 Å². The fourth-order valence-corrected chi connectivity index (χ4v) is 11.6. The molecule has 4 saturated carbocycles. The van der Waals surface area contributed by atoms with Crippen LogP contribution in [0.1, 0.15) is 92.9 Å². The van der Waals surface area contributed by atoms with Crippen molar-refractivity contribution in [3.63, 3.8) is 0 Å². The molecule has 7 heteroatoms. The summed E-state index contributed by atoms with van der Waals surface area (Å²) >= 11 is -0.826. The van der Waals surface area contributed by atoms with E-state index in [0.717, 1.165) is 11.8 Å². The van der Waals surface area contributed by atoms with E-state index >= 15 is 0 Å². The van der Waals surface area contributed by atoms with Crippen molar-refractivity contribution in [3.05, 3.63) is 131 Å². The second-order valence-corrected chi connectivity index (χ2v) is 23.2. The van der Waals surface area contributed by atoms with Gasteiger partial charge in [0.25, 0.3) is 0 Å². The Labute approximate surface area is 371 Å². The zero-order valence-electron chi connectivity index (χ0n) is 34.8. The monoisotopic (exact) mass is 926 g/mol. The molecule has 2 radical (unpaired) electrons. The SMILES string of the molecule is C[Si]CCC(F)(F)F.Cc1ccc(-c2cccc3[cH-]c(CC45CCC(CC4)C5)cc23)cc1.Cc1ccc(-c2cccc3[cH-]c(CC45CCC(CC4)C5)cc23)cc1.[Cl][Zr+2][Cl]. The minimum absolute atomic E-state index is 0.281. The summed E-state index contributed by atoms with van der Waals surface area (Å²) in [5.74, 6) is 2.08. The van der Waals surface area contributed by atoms with E-state index in [1.165, 1.54) is 132 Å². The molecule has 0 unspecified atom stereocenters. The third-order valence-corrected chi connectivity index (χ3v) is 14.7. The van der Waals surface area contributed by atoms with Crippen molar-refractivity contribution in [2.45, 2.75) is 116 Å². The molecule has 0 atom stereocenters. The predicted octanol–water partition coefficient (Wildman–Crippen LogP) is 16.8. The predicted molar refractivity (Wildman–Crippen MR) is 244 cm³/mol. The maximum atomic E-state index is 11.2. The van der Waals surface area contributed by atoms with Gasteiger partial charge in [-0.25, -0.2) is 0 Å². The van der Waals surface area contributed by atoms with Crippen molar-refractivity contribution in [1.82, 2.24) is 0 Å². The number of halogens is 5. The Kier molecular flexibility index (Phi) is 14.9. The Morgan fingerprint density at radius 3 is 1.34 bits per heavy atom. The van der Waals surface area contributed by atoms with Gasteiger partial charge in [0, 0.05) is 15.9 Å². The molecule has 4 bridgehead atoms. The van der Waals surface area contributed by atoms with Crippen LogP contribution in [0.4, 0.5) is 13.2 Å². The van der Waals surface area contributed by atoms with Crippen LogP contribution in [-0.2, 0) is 33.7 Å². The molecule has 4 aliphatic carbocycles. The van der Waals surface area contributed by atoms with Crippen molar-refractivity contribution in [2.24, 2.45) is 22.7 Å². The fraction of sp³-hybridized carbons (Fsp3) is 0.423. The van der Waals surface area contributed by atoms with E-state index in [0.29, 0.717) is 20.3 Å². The molecule has 0 aromatic heterocycles. The molecule has 59 heavy (non-hydrogen) atoms. The topological polar surface area (TPSA) is 0 Å². The molecule has 6 aromatic carbocycles. The first-order chi connectivity index (χ1) is 28.4. The number of benzene rings is 4. The fourth-order valence-electron chi connectivity index (χ4n) is 11.0. The quantitative estimate of drug-likeness (QED) is 0.105. The molecular weight excluding hydrogens is 872 g/mol. The molecule has 0 heterocycles. The summed E-state index contributed by atoms with van der Waals surface area (Å²) in [7, 11) is 10.3. The Morgan fingerprint density at radius 1 is 0.644 bits per heavy atom. The first-order valence-corrected chi connectivity index (χ1v) is 29.6. The number of hydrogen-bond donors (Lipinski definition) is 0. The van der Waals surface area contributed by atoms with E-state index in [1.54, 1.807) is 17.7 Å². The van der Waals surface area contributed by atoms with Crippen LogP contribution >= 0.6 is 17.0 Å². The second-order valence-electron chi connectivity index (χ2n) is 18.3. The normalized spacial score (nSPS) is 22.6. The van der Waals surface area contributed by atoms with Crippen molar-refractivity contribution >= 4 is 48.1 Å². The molecule has 6 aromatic rings.